The zero-order chi connectivity index (χ0) is 13.8. The fourth-order valence-electron chi connectivity index (χ4n) is 1.56. The Morgan fingerprint density at radius 2 is 1.89 bits per heavy atom. The van der Waals surface area contributed by atoms with Crippen molar-refractivity contribution in [2.24, 2.45) is 5.73 Å². The predicted octanol–water partition coefficient (Wildman–Crippen LogP) is 3.69. The highest BCUT2D eigenvalue weighted by Gasteiger charge is 2.07. The second-order valence-electron chi connectivity index (χ2n) is 3.92. The van der Waals surface area contributed by atoms with Crippen molar-refractivity contribution in [2.75, 3.05) is 0 Å². The first-order valence-electron chi connectivity index (χ1n) is 5.53. The van der Waals surface area contributed by atoms with Gasteiger partial charge >= 0.3 is 0 Å². The van der Waals surface area contributed by atoms with E-state index >= 15 is 0 Å². The lowest BCUT2D eigenvalue weighted by Gasteiger charge is -2.11. The Kier molecular flexibility index (Phi) is 4.35. The molecule has 0 aliphatic heterocycles. The molecular weight excluding hydrogens is 285 g/mol. The molecule has 2 nitrogen and oxygen atoms in total. The number of hydrogen-bond acceptors (Lipinski definition) is 2. The van der Waals surface area contributed by atoms with E-state index in [2.05, 4.69) is 0 Å². The smallest absolute Gasteiger partial charge is 0.131 e. The van der Waals surface area contributed by atoms with Crippen LogP contribution in [0.1, 0.15) is 11.1 Å². The van der Waals surface area contributed by atoms with Crippen molar-refractivity contribution in [3.8, 4) is 5.75 Å². The zero-order valence-electron chi connectivity index (χ0n) is 9.90. The molecule has 0 heterocycles. The van der Waals surface area contributed by atoms with E-state index in [1.807, 2.05) is 0 Å². The van der Waals surface area contributed by atoms with Crippen LogP contribution >= 0.6 is 23.8 Å². The van der Waals surface area contributed by atoms with Gasteiger partial charge in [-0.2, -0.15) is 0 Å². The van der Waals surface area contributed by atoms with Gasteiger partial charge in [-0.3, -0.25) is 0 Å². The number of thiocarbonyl (C=S) groups is 1. The fourth-order valence-corrected chi connectivity index (χ4v) is 1.89. The Hall–Kier alpha value is -1.65. The molecule has 2 aromatic carbocycles. The molecular formula is C14H11ClFNOS. The van der Waals surface area contributed by atoms with E-state index < -0.39 is 0 Å². The third-order valence-corrected chi connectivity index (χ3v) is 2.97. The maximum atomic E-state index is 12.8. The van der Waals surface area contributed by atoms with Gasteiger partial charge in [0.2, 0.25) is 0 Å². The van der Waals surface area contributed by atoms with Crippen LogP contribution in [-0.2, 0) is 6.61 Å². The second kappa shape index (κ2) is 5.99. The number of nitrogens with two attached hydrogens (primary N) is 1. The lowest BCUT2D eigenvalue weighted by Crippen LogP contribution is -2.11. The molecule has 0 aliphatic carbocycles. The SMILES string of the molecule is NC(=S)c1ccc(Cl)cc1OCc1ccc(F)cc1. The highest BCUT2D eigenvalue weighted by atomic mass is 35.5. The van der Waals surface area contributed by atoms with Crippen LogP contribution in [0, 0.1) is 5.82 Å². The lowest BCUT2D eigenvalue weighted by atomic mass is 10.2. The van der Waals surface area contributed by atoms with E-state index in [0.717, 1.165) is 5.56 Å². The molecule has 0 atom stereocenters. The maximum Gasteiger partial charge on any atom is 0.131 e. The van der Waals surface area contributed by atoms with E-state index in [-0.39, 0.29) is 17.4 Å². The van der Waals surface area contributed by atoms with Crippen LogP contribution in [0.2, 0.25) is 5.02 Å². The summed E-state index contributed by atoms with van der Waals surface area (Å²) in [5, 5.41) is 0.536. The highest BCUT2D eigenvalue weighted by Crippen LogP contribution is 2.24. The van der Waals surface area contributed by atoms with Crippen LogP contribution < -0.4 is 10.5 Å². The number of halogens is 2. The summed E-state index contributed by atoms with van der Waals surface area (Å²) in [4.78, 5) is 0.241. The number of ether oxygens (including phenoxy) is 1. The number of benzene rings is 2. The summed E-state index contributed by atoms with van der Waals surface area (Å²) >= 11 is 10.9. The monoisotopic (exact) mass is 295 g/mol. The first-order chi connectivity index (χ1) is 9.06. The highest BCUT2D eigenvalue weighted by molar-refractivity contribution is 7.80. The number of rotatable bonds is 4. The zero-order valence-corrected chi connectivity index (χ0v) is 11.5. The molecule has 0 spiro atoms. The summed E-state index contributed by atoms with van der Waals surface area (Å²) in [6, 6.07) is 11.1. The average Bonchev–Trinajstić information content (AvgIpc) is 2.38. The van der Waals surface area contributed by atoms with Gasteiger partial charge in [0.25, 0.3) is 0 Å². The third kappa shape index (κ3) is 3.66. The van der Waals surface area contributed by atoms with Crippen LogP contribution in [-0.4, -0.2) is 4.99 Å². The number of hydrogen-bond donors (Lipinski definition) is 1. The molecule has 2 rings (SSSR count). The maximum absolute atomic E-state index is 12.8. The normalized spacial score (nSPS) is 10.2. The van der Waals surface area contributed by atoms with Crippen LogP contribution in [0.3, 0.4) is 0 Å². The molecule has 2 N–H and O–H groups in total. The predicted molar refractivity (Wildman–Crippen MR) is 78.1 cm³/mol. The lowest BCUT2D eigenvalue weighted by molar-refractivity contribution is 0.305. The van der Waals surface area contributed by atoms with Gasteiger partial charge in [-0.1, -0.05) is 36.0 Å². The van der Waals surface area contributed by atoms with Crippen LogP contribution in [0.25, 0.3) is 0 Å². The standard InChI is InChI=1S/C14H11ClFNOS/c15-10-3-6-12(14(17)19)13(7-10)18-8-9-1-4-11(16)5-2-9/h1-7H,8H2,(H2,17,19). The molecule has 98 valence electrons. The molecule has 0 aliphatic rings. The second-order valence-corrected chi connectivity index (χ2v) is 4.80. The molecule has 0 amide bonds. The molecule has 0 radical (unpaired) electrons. The molecule has 0 fully saturated rings. The minimum Gasteiger partial charge on any atom is -0.488 e. The Labute approximate surface area is 120 Å². The van der Waals surface area contributed by atoms with Crippen LogP contribution in [0.4, 0.5) is 4.39 Å². The van der Waals surface area contributed by atoms with Gasteiger partial charge in [0.15, 0.2) is 0 Å². The van der Waals surface area contributed by atoms with Crippen molar-refractivity contribution in [3.63, 3.8) is 0 Å². The van der Waals surface area contributed by atoms with E-state index in [9.17, 15) is 4.39 Å². The first-order valence-corrected chi connectivity index (χ1v) is 6.31. The van der Waals surface area contributed by atoms with Crippen molar-refractivity contribution in [2.45, 2.75) is 6.61 Å². The summed E-state index contributed by atoms with van der Waals surface area (Å²) in [5.41, 5.74) is 7.08. The van der Waals surface area contributed by atoms with E-state index in [1.54, 1.807) is 30.3 Å². The van der Waals surface area contributed by atoms with Gasteiger partial charge in [0, 0.05) is 5.02 Å². The van der Waals surface area contributed by atoms with Gasteiger partial charge < -0.3 is 10.5 Å². The third-order valence-electron chi connectivity index (χ3n) is 2.52. The molecule has 19 heavy (non-hydrogen) atoms. The van der Waals surface area contributed by atoms with Crippen LogP contribution in [0.5, 0.6) is 5.75 Å². The van der Waals surface area contributed by atoms with Crippen LogP contribution in [0.15, 0.2) is 42.5 Å². The molecule has 5 heteroatoms. The largest absolute Gasteiger partial charge is 0.488 e. The Bertz CT molecular complexity index is 601. The Morgan fingerprint density at radius 1 is 1.21 bits per heavy atom. The van der Waals surface area contributed by atoms with Crippen molar-refractivity contribution in [1.29, 1.82) is 0 Å². The van der Waals surface area contributed by atoms with Crippen molar-refractivity contribution in [1.82, 2.24) is 0 Å². The Morgan fingerprint density at radius 3 is 2.53 bits per heavy atom. The topological polar surface area (TPSA) is 35.2 Å². The summed E-state index contributed by atoms with van der Waals surface area (Å²) in [7, 11) is 0. The van der Waals surface area contributed by atoms with E-state index in [0.29, 0.717) is 16.3 Å². The van der Waals surface area contributed by atoms with Gasteiger partial charge in [0.05, 0.1) is 5.56 Å². The Balaban J connectivity index is 2.16. The summed E-state index contributed by atoms with van der Waals surface area (Å²) in [6.07, 6.45) is 0. The van der Waals surface area contributed by atoms with Crippen molar-refractivity contribution >= 4 is 28.8 Å². The van der Waals surface area contributed by atoms with Gasteiger partial charge in [0.1, 0.15) is 23.2 Å². The summed E-state index contributed by atoms with van der Waals surface area (Å²) < 4.78 is 18.4. The fraction of sp³-hybridized carbons (Fsp3) is 0.0714. The minimum atomic E-state index is -0.282. The average molecular weight is 296 g/mol. The molecule has 0 aromatic heterocycles. The van der Waals surface area contributed by atoms with Gasteiger partial charge in [-0.25, -0.2) is 4.39 Å². The van der Waals surface area contributed by atoms with Gasteiger partial charge in [-0.15, -0.1) is 0 Å². The molecule has 0 saturated carbocycles. The minimum absolute atomic E-state index is 0.241. The molecule has 2 aromatic rings. The molecule has 0 bridgehead atoms. The van der Waals surface area contributed by atoms with Crippen molar-refractivity contribution < 1.29 is 9.13 Å². The molecule has 0 unspecified atom stereocenters. The summed E-state index contributed by atoms with van der Waals surface area (Å²) in [6.45, 7) is 0.288. The first kappa shape index (κ1) is 13.8. The van der Waals surface area contributed by atoms with E-state index in [4.69, 9.17) is 34.3 Å². The molecule has 0 saturated heterocycles. The van der Waals surface area contributed by atoms with E-state index in [1.165, 1.54) is 12.1 Å². The van der Waals surface area contributed by atoms with Crippen molar-refractivity contribution in [3.05, 3.63) is 64.4 Å². The quantitative estimate of drug-likeness (QED) is 0.874. The van der Waals surface area contributed by atoms with Gasteiger partial charge in [-0.05, 0) is 35.9 Å². The summed E-state index contributed by atoms with van der Waals surface area (Å²) in [5.74, 6) is 0.236.